The lowest BCUT2D eigenvalue weighted by Crippen LogP contribution is -2.19. The molecule has 1 aromatic carbocycles. The summed E-state index contributed by atoms with van der Waals surface area (Å²) in [5, 5.41) is 4.33. The molecule has 0 bridgehead atoms. The number of rotatable bonds is 7. The van der Waals surface area contributed by atoms with Gasteiger partial charge in [0.25, 0.3) is 0 Å². The van der Waals surface area contributed by atoms with Crippen LogP contribution in [0.15, 0.2) is 24.3 Å². The summed E-state index contributed by atoms with van der Waals surface area (Å²) in [4.78, 5) is 0. The fourth-order valence-corrected chi connectivity index (χ4v) is 2.28. The molecule has 0 radical (unpaired) electrons. The molecule has 3 heteroatoms. The molecule has 0 amide bonds. The van der Waals surface area contributed by atoms with Gasteiger partial charge in [-0.3, -0.25) is 0 Å². The minimum absolute atomic E-state index is 0.382. The molecule has 0 fully saturated rings. The van der Waals surface area contributed by atoms with Crippen LogP contribution >= 0.6 is 23.4 Å². The molecule has 1 aromatic rings. The van der Waals surface area contributed by atoms with E-state index in [9.17, 15) is 0 Å². The smallest absolute Gasteiger partial charge is 0.0409 e. The molecule has 16 heavy (non-hydrogen) atoms. The lowest BCUT2D eigenvalue weighted by molar-refractivity contribution is 0.556. The minimum atomic E-state index is 0.382. The highest BCUT2D eigenvalue weighted by molar-refractivity contribution is 7.98. The van der Waals surface area contributed by atoms with E-state index < -0.39 is 0 Å². The van der Waals surface area contributed by atoms with Gasteiger partial charge in [-0.15, -0.1) is 0 Å². The zero-order chi connectivity index (χ0) is 11.8. The monoisotopic (exact) mass is 257 g/mol. The van der Waals surface area contributed by atoms with Crippen LogP contribution in [0, 0.1) is 0 Å². The van der Waals surface area contributed by atoms with Crippen LogP contribution in [-0.2, 0) is 0 Å². The summed E-state index contributed by atoms with van der Waals surface area (Å²) < 4.78 is 0. The molecule has 0 aliphatic heterocycles. The van der Waals surface area contributed by atoms with Crippen LogP contribution in [0.25, 0.3) is 0 Å². The maximum absolute atomic E-state index is 5.96. The average Bonchev–Trinajstić information content (AvgIpc) is 2.28. The number of hydrogen-bond acceptors (Lipinski definition) is 2. The second-order valence-electron chi connectivity index (χ2n) is 3.93. The summed E-state index contributed by atoms with van der Waals surface area (Å²) >= 11 is 7.87. The van der Waals surface area contributed by atoms with E-state index in [1.807, 2.05) is 30.0 Å². The summed E-state index contributed by atoms with van der Waals surface area (Å²) in [7, 11) is 0. The second kappa shape index (κ2) is 7.99. The molecule has 90 valence electrons. The number of hydrogen-bond donors (Lipinski definition) is 1. The lowest BCUT2D eigenvalue weighted by Gasteiger charge is -2.14. The van der Waals surface area contributed by atoms with Crippen molar-refractivity contribution in [1.29, 1.82) is 0 Å². The summed E-state index contributed by atoms with van der Waals surface area (Å²) in [5.41, 5.74) is 1.26. The van der Waals surface area contributed by atoms with Crippen LogP contribution in [0.3, 0.4) is 0 Å². The molecule has 1 N–H and O–H groups in total. The zero-order valence-corrected chi connectivity index (χ0v) is 11.6. The Balaban J connectivity index is 2.27. The Morgan fingerprint density at radius 2 is 2.19 bits per heavy atom. The van der Waals surface area contributed by atoms with E-state index in [0.717, 1.165) is 11.6 Å². The van der Waals surface area contributed by atoms with Crippen LogP contribution in [0.2, 0.25) is 5.02 Å². The Morgan fingerprint density at radius 3 is 2.88 bits per heavy atom. The Kier molecular flexibility index (Phi) is 6.93. The molecule has 0 spiro atoms. The van der Waals surface area contributed by atoms with Crippen molar-refractivity contribution in [3.63, 3.8) is 0 Å². The van der Waals surface area contributed by atoms with Gasteiger partial charge in [-0.1, -0.05) is 23.7 Å². The summed E-state index contributed by atoms with van der Waals surface area (Å²) in [6.45, 7) is 3.26. The van der Waals surface area contributed by atoms with Crippen molar-refractivity contribution in [2.45, 2.75) is 25.8 Å². The van der Waals surface area contributed by atoms with E-state index in [1.165, 1.54) is 24.2 Å². The number of benzene rings is 1. The Morgan fingerprint density at radius 1 is 1.38 bits per heavy atom. The van der Waals surface area contributed by atoms with Crippen molar-refractivity contribution in [3.8, 4) is 0 Å². The van der Waals surface area contributed by atoms with Gasteiger partial charge in [0.05, 0.1) is 0 Å². The summed E-state index contributed by atoms with van der Waals surface area (Å²) in [6, 6.07) is 8.44. The standard InChI is InChI=1S/C13H20ClNS/c1-11(15-8-3-4-9-16-2)12-6-5-7-13(14)10-12/h5-7,10-11,15H,3-4,8-9H2,1-2H3. The molecular weight excluding hydrogens is 238 g/mol. The highest BCUT2D eigenvalue weighted by Gasteiger charge is 2.03. The summed E-state index contributed by atoms with van der Waals surface area (Å²) in [6.07, 6.45) is 4.68. The highest BCUT2D eigenvalue weighted by atomic mass is 35.5. The third-order valence-electron chi connectivity index (χ3n) is 2.57. The molecule has 0 heterocycles. The topological polar surface area (TPSA) is 12.0 Å². The number of thioether (sulfide) groups is 1. The molecule has 0 saturated carbocycles. The first-order chi connectivity index (χ1) is 7.74. The molecular formula is C13H20ClNS. The van der Waals surface area contributed by atoms with Crippen LogP contribution in [0.5, 0.6) is 0 Å². The summed E-state index contributed by atoms with van der Waals surface area (Å²) in [5.74, 6) is 1.26. The SMILES string of the molecule is CSCCCCNC(C)c1cccc(Cl)c1. The largest absolute Gasteiger partial charge is 0.310 e. The first-order valence-corrected chi connectivity index (χ1v) is 7.49. The number of halogens is 1. The van der Waals surface area contributed by atoms with Gasteiger partial charge in [0, 0.05) is 11.1 Å². The van der Waals surface area contributed by atoms with Crippen molar-refractivity contribution >= 4 is 23.4 Å². The molecule has 0 aromatic heterocycles. The molecule has 1 unspecified atom stereocenters. The second-order valence-corrected chi connectivity index (χ2v) is 5.35. The maximum Gasteiger partial charge on any atom is 0.0409 e. The van der Waals surface area contributed by atoms with Crippen molar-refractivity contribution in [3.05, 3.63) is 34.9 Å². The van der Waals surface area contributed by atoms with Gasteiger partial charge in [0.1, 0.15) is 0 Å². The Hall–Kier alpha value is -0.180. The van der Waals surface area contributed by atoms with E-state index >= 15 is 0 Å². The Bertz CT molecular complexity index is 304. The zero-order valence-electron chi connectivity index (χ0n) is 10.0. The highest BCUT2D eigenvalue weighted by Crippen LogP contribution is 2.17. The van der Waals surface area contributed by atoms with E-state index in [-0.39, 0.29) is 0 Å². The van der Waals surface area contributed by atoms with Gasteiger partial charge < -0.3 is 5.32 Å². The van der Waals surface area contributed by atoms with Gasteiger partial charge >= 0.3 is 0 Å². The van der Waals surface area contributed by atoms with Gasteiger partial charge in [-0.2, -0.15) is 11.8 Å². The minimum Gasteiger partial charge on any atom is -0.310 e. The average molecular weight is 258 g/mol. The van der Waals surface area contributed by atoms with Crippen LogP contribution < -0.4 is 5.32 Å². The van der Waals surface area contributed by atoms with E-state index in [2.05, 4.69) is 24.6 Å². The predicted molar refractivity (Wildman–Crippen MR) is 75.5 cm³/mol. The third kappa shape index (κ3) is 5.24. The lowest BCUT2D eigenvalue weighted by atomic mass is 10.1. The Labute approximate surface area is 108 Å². The maximum atomic E-state index is 5.96. The van der Waals surface area contributed by atoms with Gasteiger partial charge in [0.15, 0.2) is 0 Å². The number of nitrogens with one attached hydrogen (secondary N) is 1. The van der Waals surface area contributed by atoms with Crippen LogP contribution in [-0.4, -0.2) is 18.6 Å². The first-order valence-electron chi connectivity index (χ1n) is 5.72. The molecule has 1 rings (SSSR count). The quantitative estimate of drug-likeness (QED) is 0.737. The van der Waals surface area contributed by atoms with E-state index in [1.54, 1.807) is 0 Å². The van der Waals surface area contributed by atoms with Gasteiger partial charge in [-0.05, 0) is 56.0 Å². The third-order valence-corrected chi connectivity index (χ3v) is 3.51. The number of unbranched alkanes of at least 4 members (excludes halogenated alkanes) is 1. The van der Waals surface area contributed by atoms with Gasteiger partial charge in [-0.25, -0.2) is 0 Å². The fraction of sp³-hybridized carbons (Fsp3) is 0.538. The normalized spacial score (nSPS) is 12.7. The van der Waals surface area contributed by atoms with Crippen molar-refractivity contribution < 1.29 is 0 Å². The van der Waals surface area contributed by atoms with Crippen molar-refractivity contribution in [1.82, 2.24) is 5.32 Å². The first kappa shape index (κ1) is 13.9. The van der Waals surface area contributed by atoms with Crippen LogP contribution in [0.1, 0.15) is 31.4 Å². The van der Waals surface area contributed by atoms with E-state index in [0.29, 0.717) is 6.04 Å². The van der Waals surface area contributed by atoms with E-state index in [4.69, 9.17) is 11.6 Å². The van der Waals surface area contributed by atoms with Crippen molar-refractivity contribution in [2.24, 2.45) is 0 Å². The molecule has 1 atom stereocenters. The molecule has 0 saturated heterocycles. The fourth-order valence-electron chi connectivity index (χ4n) is 1.58. The van der Waals surface area contributed by atoms with Crippen LogP contribution in [0.4, 0.5) is 0 Å². The predicted octanol–water partition coefficient (Wildman–Crippen LogP) is 4.13. The molecule has 0 aliphatic rings. The van der Waals surface area contributed by atoms with Crippen molar-refractivity contribution in [2.75, 3.05) is 18.6 Å². The molecule has 0 aliphatic carbocycles. The van der Waals surface area contributed by atoms with Gasteiger partial charge in [0.2, 0.25) is 0 Å². The molecule has 1 nitrogen and oxygen atoms in total.